The van der Waals surface area contributed by atoms with E-state index in [1.54, 1.807) is 30.3 Å². The Morgan fingerprint density at radius 2 is 1.52 bits per heavy atom. The van der Waals surface area contributed by atoms with Gasteiger partial charge in [0.05, 0.1) is 29.2 Å². The molecule has 9 nitrogen and oxygen atoms in total. The van der Waals surface area contributed by atoms with Crippen molar-refractivity contribution in [2.24, 2.45) is 0 Å². The number of phenolic OH excluding ortho intramolecular Hbond substituents is 1. The Morgan fingerprint density at radius 3 is 2.11 bits per heavy atom. The third-order valence-electron chi connectivity index (χ3n) is 7.04. The molecule has 0 spiro atoms. The number of carbonyl (C=O) groups excluding carboxylic acids is 2. The van der Waals surface area contributed by atoms with Gasteiger partial charge in [0.1, 0.15) is 11.6 Å². The summed E-state index contributed by atoms with van der Waals surface area (Å²) in [6.45, 7) is 4.08. The van der Waals surface area contributed by atoms with Gasteiger partial charge in [-0.25, -0.2) is 4.39 Å². The molecule has 2 atom stereocenters. The van der Waals surface area contributed by atoms with Crippen LogP contribution in [0.2, 0.25) is 0 Å². The molecule has 11 heteroatoms. The number of benzene rings is 3. The third kappa shape index (κ3) is 8.78. The number of aliphatic hydroxyl groups excluding tert-OH is 2. The number of hydrogen-bond acceptors (Lipinski definition) is 6. The molecule has 3 aromatic carbocycles. The first-order valence-electron chi connectivity index (χ1n) is 13.8. The van der Waals surface area contributed by atoms with Crippen LogP contribution in [-0.2, 0) is 11.3 Å². The van der Waals surface area contributed by atoms with Crippen molar-refractivity contribution in [2.45, 2.75) is 57.8 Å². The van der Waals surface area contributed by atoms with Crippen molar-refractivity contribution < 1.29 is 69.4 Å². The van der Waals surface area contributed by atoms with E-state index in [1.165, 1.54) is 18.2 Å². The van der Waals surface area contributed by atoms with Crippen LogP contribution in [0.5, 0.6) is 5.75 Å². The van der Waals surface area contributed by atoms with E-state index in [9.17, 15) is 34.4 Å². The largest absolute Gasteiger partial charge is 1.00 e. The topological polar surface area (TPSA) is 166 Å². The molecule has 0 aliphatic rings. The summed E-state index contributed by atoms with van der Waals surface area (Å²) in [6.07, 6.45) is -2.92. The number of aliphatic hydroxyl groups is 2. The van der Waals surface area contributed by atoms with E-state index in [4.69, 9.17) is 0 Å². The Bertz CT molecular complexity index is 1540. The average molecular weight is 615 g/mol. The third-order valence-corrected chi connectivity index (χ3v) is 7.04. The quantitative estimate of drug-likeness (QED) is 0.137. The van der Waals surface area contributed by atoms with Gasteiger partial charge < -0.3 is 40.6 Å². The number of carboxylic acid groups (broad SMARTS) is 1. The van der Waals surface area contributed by atoms with Crippen LogP contribution in [0.15, 0.2) is 78.9 Å². The van der Waals surface area contributed by atoms with Crippen molar-refractivity contribution in [2.75, 3.05) is 5.32 Å². The predicted molar refractivity (Wildman–Crippen MR) is 160 cm³/mol. The van der Waals surface area contributed by atoms with E-state index in [0.29, 0.717) is 28.1 Å². The first-order chi connectivity index (χ1) is 20.1. The van der Waals surface area contributed by atoms with E-state index in [1.807, 2.05) is 48.7 Å². The molecule has 1 amide bonds. The van der Waals surface area contributed by atoms with Gasteiger partial charge in [0, 0.05) is 30.2 Å². The molecule has 44 heavy (non-hydrogen) atoms. The molecule has 0 saturated carbocycles. The van der Waals surface area contributed by atoms with E-state index < -0.39 is 36.3 Å². The van der Waals surface area contributed by atoms with Gasteiger partial charge in [0.2, 0.25) is 0 Å². The summed E-state index contributed by atoms with van der Waals surface area (Å²) < 4.78 is 15.9. The van der Waals surface area contributed by atoms with Gasteiger partial charge in [-0.3, -0.25) is 4.79 Å². The second kappa shape index (κ2) is 16.5. The molecule has 228 valence electrons. The van der Waals surface area contributed by atoms with Crippen molar-refractivity contribution >= 4 is 17.6 Å². The Hall–Kier alpha value is -3.51. The molecule has 0 fully saturated rings. The fourth-order valence-corrected chi connectivity index (χ4v) is 5.24. The first kappa shape index (κ1) is 36.7. The predicted octanol–water partition coefficient (Wildman–Crippen LogP) is 0.864. The van der Waals surface area contributed by atoms with Crippen LogP contribution in [0.3, 0.4) is 0 Å². The van der Waals surface area contributed by atoms with Crippen molar-refractivity contribution in [1.82, 2.24) is 4.57 Å². The van der Waals surface area contributed by atoms with E-state index in [-0.39, 0.29) is 71.8 Å². The number of hydrogen-bond donors (Lipinski definition) is 4. The summed E-state index contributed by atoms with van der Waals surface area (Å²) in [7, 11) is 0. The SMILES string of the molecule is CC(C)c1c(C(=O)Nc2ccccc2O)c(-c2ccccc2)c(-c2ccc(F)cc2)n1CC[C@@H](O)C[C@@H](O)CC(=O)[O-].O.[Na+]. The Kier molecular flexibility index (Phi) is 13.8. The molecule has 0 saturated heterocycles. The second-order valence-electron chi connectivity index (χ2n) is 10.5. The van der Waals surface area contributed by atoms with Crippen molar-refractivity contribution in [3.8, 4) is 28.1 Å². The zero-order valence-corrected chi connectivity index (χ0v) is 27.0. The maximum Gasteiger partial charge on any atom is 1.00 e. The smallest absolute Gasteiger partial charge is 0.550 e. The van der Waals surface area contributed by atoms with Crippen LogP contribution < -0.4 is 40.0 Å². The van der Waals surface area contributed by atoms with Gasteiger partial charge >= 0.3 is 29.6 Å². The number of halogens is 1. The average Bonchev–Trinajstić information content (AvgIpc) is 3.29. The molecule has 0 unspecified atom stereocenters. The van der Waals surface area contributed by atoms with Crippen molar-refractivity contribution in [3.05, 3.63) is 95.9 Å². The molecular formula is C33H36FN2NaO7. The van der Waals surface area contributed by atoms with Crippen LogP contribution >= 0.6 is 0 Å². The minimum Gasteiger partial charge on any atom is -0.550 e. The maximum absolute atomic E-state index is 14.1. The number of amides is 1. The molecule has 1 aromatic heterocycles. The Balaban J connectivity index is 0.00000337. The fourth-order valence-electron chi connectivity index (χ4n) is 5.24. The van der Waals surface area contributed by atoms with Crippen LogP contribution in [-0.4, -0.2) is 49.4 Å². The molecule has 4 aromatic rings. The normalized spacial score (nSPS) is 12.1. The summed E-state index contributed by atoms with van der Waals surface area (Å²) in [5.41, 5.74) is 3.88. The molecule has 1 heterocycles. The number of aromatic nitrogens is 1. The molecule has 6 N–H and O–H groups in total. The number of aliphatic carboxylic acids is 1. The van der Waals surface area contributed by atoms with Gasteiger partial charge in [-0.05, 0) is 66.3 Å². The number of phenols is 1. The minimum atomic E-state index is -1.41. The van der Waals surface area contributed by atoms with Crippen LogP contribution in [0.25, 0.3) is 22.4 Å². The van der Waals surface area contributed by atoms with E-state index in [2.05, 4.69) is 5.32 Å². The maximum atomic E-state index is 14.1. The Morgan fingerprint density at radius 1 is 0.909 bits per heavy atom. The summed E-state index contributed by atoms with van der Waals surface area (Å²) in [6, 6.07) is 21.7. The van der Waals surface area contributed by atoms with Gasteiger partial charge in [-0.1, -0.05) is 56.3 Å². The number of carboxylic acids is 1. The van der Waals surface area contributed by atoms with Crippen LogP contribution in [0.4, 0.5) is 10.1 Å². The number of nitrogens with one attached hydrogen (secondary N) is 1. The van der Waals surface area contributed by atoms with Crippen LogP contribution in [0.1, 0.15) is 55.1 Å². The zero-order chi connectivity index (χ0) is 30.4. The molecule has 0 radical (unpaired) electrons. The summed E-state index contributed by atoms with van der Waals surface area (Å²) in [5.74, 6) is -2.56. The van der Waals surface area contributed by atoms with Crippen molar-refractivity contribution in [3.63, 3.8) is 0 Å². The molecule has 0 aliphatic carbocycles. The number of carbonyl (C=O) groups is 2. The van der Waals surface area contributed by atoms with Gasteiger partial charge in [-0.2, -0.15) is 0 Å². The fraction of sp³-hybridized carbons (Fsp3) is 0.273. The minimum absolute atomic E-state index is 0. The van der Waals surface area contributed by atoms with Gasteiger partial charge in [-0.15, -0.1) is 0 Å². The second-order valence-corrected chi connectivity index (χ2v) is 10.5. The number of rotatable bonds is 12. The first-order valence-corrected chi connectivity index (χ1v) is 13.8. The monoisotopic (exact) mass is 614 g/mol. The zero-order valence-electron chi connectivity index (χ0n) is 25.0. The number of nitrogens with zero attached hydrogens (tertiary/aromatic N) is 1. The standard InChI is InChI=1S/C33H35FN2O6.Na.H2O/c1-20(2)31-30(33(42)35-26-10-6-7-11-27(26)39)29(21-8-4-3-5-9-21)32(22-12-14-23(34)15-13-22)36(31)17-16-24(37)18-25(38)19-28(40)41;;/h3-15,20,24-25,37-39H,16-19H2,1-2H3,(H,35,42)(H,40,41);;1H2/q;+1;/p-1/t24-,25-;;/m1../s1. The molecular weight excluding hydrogens is 578 g/mol. The Labute approximate surface area is 277 Å². The van der Waals surface area contributed by atoms with Crippen LogP contribution in [0, 0.1) is 5.82 Å². The van der Waals surface area contributed by atoms with E-state index in [0.717, 1.165) is 5.56 Å². The van der Waals surface area contributed by atoms with E-state index >= 15 is 0 Å². The van der Waals surface area contributed by atoms with Gasteiger partial charge in [0.25, 0.3) is 5.91 Å². The van der Waals surface area contributed by atoms with Gasteiger partial charge in [0.15, 0.2) is 0 Å². The summed E-state index contributed by atoms with van der Waals surface area (Å²) in [4.78, 5) is 25.0. The number of aromatic hydroxyl groups is 1. The molecule has 0 aliphatic heterocycles. The molecule has 0 bridgehead atoms. The summed E-state index contributed by atoms with van der Waals surface area (Å²) in [5, 5.41) is 44.8. The number of para-hydroxylation sites is 2. The molecule has 4 rings (SSSR count). The van der Waals surface area contributed by atoms with Crippen molar-refractivity contribution in [1.29, 1.82) is 0 Å². The number of anilines is 1. The summed E-state index contributed by atoms with van der Waals surface area (Å²) >= 11 is 0.